The molecule has 0 amide bonds. The third-order valence-corrected chi connectivity index (χ3v) is 3.61. The summed E-state index contributed by atoms with van der Waals surface area (Å²) in [5.74, 6) is 0. The number of nitrogens with one attached hydrogen (secondary N) is 2. The molecule has 0 saturated heterocycles. The monoisotopic (exact) mass is 282 g/mol. The van der Waals surface area contributed by atoms with E-state index in [0.29, 0.717) is 11.1 Å². The molecule has 1 unspecified atom stereocenters. The second-order valence-electron chi connectivity index (χ2n) is 4.92. The first-order valence-corrected chi connectivity index (χ1v) is 6.57. The molecule has 0 spiro atoms. The molecule has 0 radical (unpaired) electrons. The molecular formula is C16H14N2O3. The Balaban J connectivity index is 2.24. The van der Waals surface area contributed by atoms with Crippen LogP contribution in [0.15, 0.2) is 52.1 Å². The Kier molecular flexibility index (Phi) is 3.19. The summed E-state index contributed by atoms with van der Waals surface area (Å²) in [6.07, 6.45) is -1.06. The number of hydrogen-bond acceptors (Lipinski definition) is 3. The van der Waals surface area contributed by atoms with Crippen molar-refractivity contribution in [2.45, 2.75) is 13.0 Å². The maximum absolute atomic E-state index is 11.7. The van der Waals surface area contributed by atoms with Crippen molar-refractivity contribution >= 4 is 10.8 Å². The Hall–Kier alpha value is -2.66. The maximum atomic E-state index is 11.7. The average Bonchev–Trinajstić information content (AvgIpc) is 2.49. The highest BCUT2D eigenvalue weighted by atomic mass is 16.3. The molecule has 3 rings (SSSR count). The van der Waals surface area contributed by atoms with E-state index in [-0.39, 0.29) is 5.69 Å². The van der Waals surface area contributed by atoms with Gasteiger partial charge in [0, 0.05) is 5.56 Å². The lowest BCUT2D eigenvalue weighted by Crippen LogP contribution is -2.28. The van der Waals surface area contributed by atoms with E-state index < -0.39 is 17.4 Å². The number of aromatic nitrogens is 2. The Bertz CT molecular complexity index is 919. The zero-order chi connectivity index (χ0) is 15.0. The van der Waals surface area contributed by atoms with Crippen LogP contribution in [0.1, 0.15) is 22.9 Å². The first-order chi connectivity index (χ1) is 10.1. The van der Waals surface area contributed by atoms with Crippen molar-refractivity contribution in [2.75, 3.05) is 0 Å². The van der Waals surface area contributed by atoms with Gasteiger partial charge in [-0.2, -0.15) is 0 Å². The number of benzene rings is 2. The van der Waals surface area contributed by atoms with Crippen LogP contribution in [0.2, 0.25) is 0 Å². The van der Waals surface area contributed by atoms with Crippen LogP contribution in [0.25, 0.3) is 10.8 Å². The molecule has 3 aromatic rings. The highest BCUT2D eigenvalue weighted by molar-refractivity contribution is 5.86. The quantitative estimate of drug-likeness (QED) is 0.667. The Labute approximate surface area is 119 Å². The highest BCUT2D eigenvalue weighted by Gasteiger charge is 2.18. The Morgan fingerprint density at radius 2 is 1.71 bits per heavy atom. The zero-order valence-electron chi connectivity index (χ0n) is 11.4. The van der Waals surface area contributed by atoms with Gasteiger partial charge in [0.15, 0.2) is 0 Å². The lowest BCUT2D eigenvalue weighted by atomic mass is 9.97. The molecule has 2 aromatic carbocycles. The predicted octanol–water partition coefficient (Wildman–Crippen LogP) is 1.61. The van der Waals surface area contributed by atoms with Crippen LogP contribution >= 0.6 is 0 Å². The van der Waals surface area contributed by atoms with Crippen LogP contribution in [0.5, 0.6) is 0 Å². The van der Waals surface area contributed by atoms with Crippen LogP contribution in [-0.2, 0) is 0 Å². The van der Waals surface area contributed by atoms with Gasteiger partial charge in [0.05, 0.1) is 5.69 Å². The van der Waals surface area contributed by atoms with Gasteiger partial charge in [-0.25, -0.2) is 4.79 Å². The average molecular weight is 282 g/mol. The van der Waals surface area contributed by atoms with Gasteiger partial charge >= 0.3 is 5.69 Å². The van der Waals surface area contributed by atoms with Crippen LogP contribution in [-0.4, -0.2) is 15.1 Å². The van der Waals surface area contributed by atoms with Gasteiger partial charge in [-0.15, -0.1) is 0 Å². The van der Waals surface area contributed by atoms with Gasteiger partial charge in [0.25, 0.3) is 5.56 Å². The molecule has 5 heteroatoms. The molecule has 1 aromatic heterocycles. The summed E-state index contributed by atoms with van der Waals surface area (Å²) in [6, 6.07) is 13.2. The number of H-pyrrole nitrogens is 2. The molecule has 0 fully saturated rings. The number of aliphatic hydroxyl groups is 1. The van der Waals surface area contributed by atoms with E-state index in [4.69, 9.17) is 0 Å². The van der Waals surface area contributed by atoms with Crippen LogP contribution < -0.4 is 11.2 Å². The van der Waals surface area contributed by atoms with Crippen LogP contribution in [0, 0.1) is 6.92 Å². The van der Waals surface area contributed by atoms with E-state index in [9.17, 15) is 14.7 Å². The van der Waals surface area contributed by atoms with E-state index in [0.717, 1.165) is 10.8 Å². The van der Waals surface area contributed by atoms with E-state index in [1.54, 1.807) is 13.0 Å². The van der Waals surface area contributed by atoms with Crippen LogP contribution in [0.3, 0.4) is 0 Å². The minimum atomic E-state index is -1.06. The topological polar surface area (TPSA) is 85.9 Å². The second kappa shape index (κ2) is 5.03. The van der Waals surface area contributed by atoms with Crippen molar-refractivity contribution in [1.29, 1.82) is 0 Å². The number of aliphatic hydroxyl groups excluding tert-OH is 1. The van der Waals surface area contributed by atoms with Gasteiger partial charge in [0.1, 0.15) is 6.10 Å². The number of hydrogen-bond donors (Lipinski definition) is 3. The van der Waals surface area contributed by atoms with Gasteiger partial charge in [-0.3, -0.25) is 9.78 Å². The Morgan fingerprint density at radius 1 is 1.00 bits per heavy atom. The minimum absolute atomic E-state index is 0.222. The second-order valence-corrected chi connectivity index (χ2v) is 4.92. The first-order valence-electron chi connectivity index (χ1n) is 6.57. The largest absolute Gasteiger partial charge is 0.382 e. The van der Waals surface area contributed by atoms with Crippen molar-refractivity contribution in [2.24, 2.45) is 0 Å². The van der Waals surface area contributed by atoms with Crippen molar-refractivity contribution in [3.8, 4) is 0 Å². The normalized spacial score (nSPS) is 12.5. The van der Waals surface area contributed by atoms with Gasteiger partial charge in [0.2, 0.25) is 0 Å². The summed E-state index contributed by atoms with van der Waals surface area (Å²) >= 11 is 0. The first kappa shape index (κ1) is 13.3. The third kappa shape index (κ3) is 2.28. The molecule has 1 heterocycles. The molecule has 0 saturated carbocycles. The molecule has 21 heavy (non-hydrogen) atoms. The van der Waals surface area contributed by atoms with Crippen molar-refractivity contribution in [3.05, 3.63) is 80.1 Å². The standard InChI is InChI=1S/C16H14N2O3/c1-9-13(17-16(21)18-15(9)20)14(19)12-8-4-6-10-5-2-3-7-11(10)12/h2-8,14,19H,1H3,(H2,17,18,20,21). The summed E-state index contributed by atoms with van der Waals surface area (Å²) in [5.41, 5.74) is 0.0560. The van der Waals surface area contributed by atoms with E-state index in [2.05, 4.69) is 9.97 Å². The third-order valence-electron chi connectivity index (χ3n) is 3.61. The SMILES string of the molecule is Cc1c(C(O)c2cccc3ccccc23)[nH]c(=O)[nH]c1=O. The lowest BCUT2D eigenvalue weighted by molar-refractivity contribution is 0.215. The van der Waals surface area contributed by atoms with Crippen molar-refractivity contribution < 1.29 is 5.11 Å². The van der Waals surface area contributed by atoms with Crippen molar-refractivity contribution in [1.82, 2.24) is 9.97 Å². The molecule has 106 valence electrons. The number of rotatable bonds is 2. The summed E-state index contributed by atoms with van der Waals surface area (Å²) in [4.78, 5) is 27.8. The molecule has 3 N–H and O–H groups in total. The molecule has 0 aliphatic carbocycles. The minimum Gasteiger partial charge on any atom is -0.382 e. The summed E-state index contributed by atoms with van der Waals surface area (Å²) in [7, 11) is 0. The van der Waals surface area contributed by atoms with Gasteiger partial charge in [-0.05, 0) is 23.3 Å². The zero-order valence-corrected chi connectivity index (χ0v) is 11.4. The molecule has 0 aliphatic rings. The summed E-state index contributed by atoms with van der Waals surface area (Å²) in [5, 5.41) is 12.5. The molecule has 5 nitrogen and oxygen atoms in total. The smallest absolute Gasteiger partial charge is 0.326 e. The highest BCUT2D eigenvalue weighted by Crippen LogP contribution is 2.28. The van der Waals surface area contributed by atoms with Crippen LogP contribution in [0.4, 0.5) is 0 Å². The fourth-order valence-electron chi connectivity index (χ4n) is 2.48. The predicted molar refractivity (Wildman–Crippen MR) is 80.4 cm³/mol. The van der Waals surface area contributed by atoms with E-state index >= 15 is 0 Å². The van der Waals surface area contributed by atoms with Crippen molar-refractivity contribution in [3.63, 3.8) is 0 Å². The fraction of sp³-hybridized carbons (Fsp3) is 0.125. The van der Waals surface area contributed by atoms with E-state index in [1.807, 2.05) is 36.4 Å². The molecular weight excluding hydrogens is 268 g/mol. The lowest BCUT2D eigenvalue weighted by Gasteiger charge is -2.15. The summed E-state index contributed by atoms with van der Waals surface area (Å²) in [6.45, 7) is 1.57. The number of fused-ring (bicyclic) bond motifs is 1. The Morgan fingerprint density at radius 3 is 2.52 bits per heavy atom. The molecule has 0 aliphatic heterocycles. The molecule has 1 atom stereocenters. The van der Waals surface area contributed by atoms with Gasteiger partial charge in [-0.1, -0.05) is 42.5 Å². The number of aromatic amines is 2. The van der Waals surface area contributed by atoms with Gasteiger partial charge < -0.3 is 10.1 Å². The molecule has 0 bridgehead atoms. The van der Waals surface area contributed by atoms with E-state index in [1.165, 1.54) is 0 Å². The summed E-state index contributed by atoms with van der Waals surface area (Å²) < 4.78 is 0. The fourth-order valence-corrected chi connectivity index (χ4v) is 2.48. The maximum Gasteiger partial charge on any atom is 0.326 e.